The monoisotopic (exact) mass is 283 g/mol. The molecule has 0 atom stereocenters. The fraction of sp³-hybridized carbons (Fsp3) is 0.500. The van der Waals surface area contributed by atoms with E-state index in [0.29, 0.717) is 30.3 Å². The summed E-state index contributed by atoms with van der Waals surface area (Å²) in [4.78, 5) is 14.1. The maximum Gasteiger partial charge on any atom is 0.255 e. The van der Waals surface area contributed by atoms with Gasteiger partial charge in [-0.2, -0.15) is 0 Å². The van der Waals surface area contributed by atoms with E-state index in [-0.39, 0.29) is 18.6 Å². The second-order valence-electron chi connectivity index (χ2n) is 4.57. The van der Waals surface area contributed by atoms with Gasteiger partial charge in [0.25, 0.3) is 5.91 Å². The van der Waals surface area contributed by atoms with Crippen LogP contribution >= 0.6 is 11.6 Å². The highest BCUT2D eigenvalue weighted by Crippen LogP contribution is 2.20. The van der Waals surface area contributed by atoms with Gasteiger partial charge in [-0.15, -0.1) is 0 Å². The number of carbonyl (C=O) groups excluding carboxylic acids is 1. The highest BCUT2D eigenvalue weighted by molar-refractivity contribution is 6.33. The van der Waals surface area contributed by atoms with E-state index in [0.717, 1.165) is 12.8 Å². The third-order valence-electron chi connectivity index (χ3n) is 3.28. The number of hydrogen-bond donors (Lipinski definition) is 1. The van der Waals surface area contributed by atoms with E-state index in [1.54, 1.807) is 17.0 Å². The molecule has 1 aliphatic rings. The summed E-state index contributed by atoms with van der Waals surface area (Å²) in [5.41, 5.74) is 0.555. The lowest BCUT2D eigenvalue weighted by Gasteiger charge is -2.32. The number of nitrogens with zero attached hydrogens (tertiary/aromatic N) is 1. The summed E-state index contributed by atoms with van der Waals surface area (Å²) in [5.74, 6) is -0.0220. The SMILES string of the molecule is O=C(c1ccccc1Cl)N1CCC(OCCO)CC1. The van der Waals surface area contributed by atoms with Crippen molar-refractivity contribution in [2.75, 3.05) is 26.3 Å². The molecule has 104 valence electrons. The zero-order valence-corrected chi connectivity index (χ0v) is 11.5. The number of hydrogen-bond acceptors (Lipinski definition) is 3. The average molecular weight is 284 g/mol. The molecule has 0 spiro atoms. The van der Waals surface area contributed by atoms with Gasteiger partial charge in [-0.05, 0) is 25.0 Å². The van der Waals surface area contributed by atoms with Crippen LogP contribution < -0.4 is 0 Å². The highest BCUT2D eigenvalue weighted by Gasteiger charge is 2.24. The molecule has 1 amide bonds. The number of benzene rings is 1. The normalized spacial score (nSPS) is 16.6. The number of carbonyl (C=O) groups is 1. The molecule has 1 saturated heterocycles. The molecule has 0 unspecified atom stereocenters. The van der Waals surface area contributed by atoms with Crippen LogP contribution in [0.1, 0.15) is 23.2 Å². The van der Waals surface area contributed by atoms with Gasteiger partial charge in [-0.1, -0.05) is 23.7 Å². The molecule has 1 aromatic rings. The van der Waals surface area contributed by atoms with Crippen LogP contribution in [0.4, 0.5) is 0 Å². The van der Waals surface area contributed by atoms with Crippen LogP contribution in [0, 0.1) is 0 Å². The maximum atomic E-state index is 12.3. The summed E-state index contributed by atoms with van der Waals surface area (Å²) in [7, 11) is 0. The van der Waals surface area contributed by atoms with Crippen molar-refractivity contribution < 1.29 is 14.6 Å². The Morgan fingerprint density at radius 2 is 2.05 bits per heavy atom. The van der Waals surface area contributed by atoms with Crippen molar-refractivity contribution in [2.24, 2.45) is 0 Å². The van der Waals surface area contributed by atoms with Gasteiger partial charge >= 0.3 is 0 Å². The van der Waals surface area contributed by atoms with E-state index in [9.17, 15) is 4.79 Å². The molecule has 2 rings (SSSR count). The Morgan fingerprint density at radius 3 is 2.68 bits per heavy atom. The number of rotatable bonds is 4. The summed E-state index contributed by atoms with van der Waals surface area (Å²) in [6.07, 6.45) is 1.74. The maximum absolute atomic E-state index is 12.3. The number of aliphatic hydroxyl groups is 1. The molecule has 1 aromatic carbocycles. The van der Waals surface area contributed by atoms with E-state index in [4.69, 9.17) is 21.4 Å². The van der Waals surface area contributed by atoms with Gasteiger partial charge in [0, 0.05) is 13.1 Å². The van der Waals surface area contributed by atoms with Crippen LogP contribution in [0.25, 0.3) is 0 Å². The first kappa shape index (κ1) is 14.3. The van der Waals surface area contributed by atoms with Gasteiger partial charge in [0.15, 0.2) is 0 Å². The van der Waals surface area contributed by atoms with Crippen molar-refractivity contribution >= 4 is 17.5 Å². The molecule has 0 aromatic heterocycles. The van der Waals surface area contributed by atoms with E-state index in [1.165, 1.54) is 0 Å². The smallest absolute Gasteiger partial charge is 0.255 e. The molecular formula is C14H18ClNO3. The van der Waals surface area contributed by atoms with Gasteiger partial charge in [0.1, 0.15) is 0 Å². The minimum absolute atomic E-state index is 0.0220. The zero-order valence-electron chi connectivity index (χ0n) is 10.7. The molecule has 0 saturated carbocycles. The Labute approximate surface area is 117 Å². The molecule has 1 N–H and O–H groups in total. The molecule has 1 aliphatic heterocycles. The number of piperidine rings is 1. The summed E-state index contributed by atoms with van der Waals surface area (Å²) < 4.78 is 5.48. The number of ether oxygens (including phenoxy) is 1. The van der Waals surface area contributed by atoms with Gasteiger partial charge in [-0.25, -0.2) is 0 Å². The Bertz CT molecular complexity index is 430. The molecule has 1 fully saturated rings. The fourth-order valence-corrected chi connectivity index (χ4v) is 2.47. The predicted octanol–water partition coefficient (Wildman–Crippen LogP) is 1.95. The molecule has 5 heteroatoms. The molecule has 1 heterocycles. The first-order valence-corrected chi connectivity index (χ1v) is 6.86. The minimum Gasteiger partial charge on any atom is -0.394 e. The number of amides is 1. The zero-order chi connectivity index (χ0) is 13.7. The molecule has 4 nitrogen and oxygen atoms in total. The number of halogens is 1. The second-order valence-corrected chi connectivity index (χ2v) is 4.97. The van der Waals surface area contributed by atoms with Crippen molar-refractivity contribution in [1.82, 2.24) is 4.90 Å². The second kappa shape index (κ2) is 6.89. The lowest BCUT2D eigenvalue weighted by atomic mass is 10.1. The Balaban J connectivity index is 1.91. The van der Waals surface area contributed by atoms with Crippen molar-refractivity contribution in [3.63, 3.8) is 0 Å². The van der Waals surface area contributed by atoms with Crippen LogP contribution in [-0.2, 0) is 4.74 Å². The molecule has 0 radical (unpaired) electrons. The van der Waals surface area contributed by atoms with Crippen LogP contribution in [-0.4, -0.2) is 48.3 Å². The Kier molecular flexibility index (Phi) is 5.19. The van der Waals surface area contributed by atoms with Crippen LogP contribution in [0.5, 0.6) is 0 Å². The van der Waals surface area contributed by atoms with Gasteiger partial charge in [0.2, 0.25) is 0 Å². The van der Waals surface area contributed by atoms with E-state index in [2.05, 4.69) is 0 Å². The first-order chi connectivity index (χ1) is 9.22. The first-order valence-electron chi connectivity index (χ1n) is 6.48. The largest absolute Gasteiger partial charge is 0.394 e. The van der Waals surface area contributed by atoms with Crippen molar-refractivity contribution in [1.29, 1.82) is 0 Å². The minimum atomic E-state index is -0.0220. The van der Waals surface area contributed by atoms with Crippen molar-refractivity contribution in [2.45, 2.75) is 18.9 Å². The Hall–Kier alpha value is -1.10. The third-order valence-corrected chi connectivity index (χ3v) is 3.61. The van der Waals surface area contributed by atoms with Gasteiger partial charge < -0.3 is 14.7 Å². The lowest BCUT2D eigenvalue weighted by Crippen LogP contribution is -2.41. The number of aliphatic hydroxyl groups excluding tert-OH is 1. The summed E-state index contributed by atoms with van der Waals surface area (Å²) in [5, 5.41) is 9.20. The topological polar surface area (TPSA) is 49.8 Å². The van der Waals surface area contributed by atoms with Crippen LogP contribution in [0.15, 0.2) is 24.3 Å². The molecular weight excluding hydrogens is 266 g/mol. The summed E-state index contributed by atoms with van der Waals surface area (Å²) >= 11 is 6.04. The molecule has 19 heavy (non-hydrogen) atoms. The van der Waals surface area contributed by atoms with Crippen molar-refractivity contribution in [3.8, 4) is 0 Å². The number of likely N-dealkylation sites (tertiary alicyclic amines) is 1. The summed E-state index contributed by atoms with van der Waals surface area (Å²) in [6.45, 7) is 1.74. The predicted molar refractivity (Wildman–Crippen MR) is 73.4 cm³/mol. The lowest BCUT2D eigenvalue weighted by molar-refractivity contribution is -0.00553. The standard InChI is InChI=1S/C14H18ClNO3/c15-13-4-2-1-3-12(13)14(18)16-7-5-11(6-8-16)19-10-9-17/h1-4,11,17H,5-10H2. The third kappa shape index (κ3) is 3.69. The van der Waals surface area contributed by atoms with Crippen molar-refractivity contribution in [3.05, 3.63) is 34.9 Å². The quantitative estimate of drug-likeness (QED) is 0.919. The van der Waals surface area contributed by atoms with E-state index >= 15 is 0 Å². The summed E-state index contributed by atoms with van der Waals surface area (Å²) in [6, 6.07) is 7.11. The fourth-order valence-electron chi connectivity index (χ4n) is 2.25. The highest BCUT2D eigenvalue weighted by atomic mass is 35.5. The van der Waals surface area contributed by atoms with Crippen LogP contribution in [0.3, 0.4) is 0 Å². The molecule has 0 bridgehead atoms. The Morgan fingerprint density at radius 1 is 1.37 bits per heavy atom. The van der Waals surface area contributed by atoms with Crippen LogP contribution in [0.2, 0.25) is 5.02 Å². The van der Waals surface area contributed by atoms with E-state index in [1.807, 2.05) is 12.1 Å². The average Bonchev–Trinajstić information content (AvgIpc) is 2.45. The van der Waals surface area contributed by atoms with Gasteiger partial charge in [0.05, 0.1) is 29.9 Å². The van der Waals surface area contributed by atoms with E-state index < -0.39 is 0 Å². The molecule has 0 aliphatic carbocycles. The van der Waals surface area contributed by atoms with Gasteiger partial charge in [-0.3, -0.25) is 4.79 Å².